The molecule has 10 heteroatoms. The van der Waals surface area contributed by atoms with Gasteiger partial charge in [-0.3, -0.25) is 19.3 Å². The number of hydrogen-bond donors (Lipinski definition) is 1. The molecule has 0 radical (unpaired) electrons. The molecule has 1 fully saturated rings. The average molecular weight is 559 g/mol. The van der Waals surface area contributed by atoms with E-state index in [9.17, 15) is 27.6 Å². The third-order valence-electron chi connectivity index (χ3n) is 7.71. The van der Waals surface area contributed by atoms with E-state index in [1.807, 2.05) is 24.3 Å². The van der Waals surface area contributed by atoms with E-state index in [-0.39, 0.29) is 18.7 Å². The van der Waals surface area contributed by atoms with E-state index in [2.05, 4.69) is 5.32 Å². The second-order valence-electron chi connectivity index (χ2n) is 9.67. The van der Waals surface area contributed by atoms with E-state index in [1.54, 1.807) is 24.3 Å². The van der Waals surface area contributed by atoms with Crippen molar-refractivity contribution in [1.82, 2.24) is 4.90 Å². The van der Waals surface area contributed by atoms with E-state index in [4.69, 9.17) is 23.2 Å². The standard InChI is InChI=1S/C28H19Cl2F3N2O3/c29-26-17-8-1-2-9-18(17)27(30,20-11-4-3-10-19(20)26)23-22(26)24(37)35(25(23)38)13-12-21(36)34-16-7-5-6-15(14-16)28(31,32)33/h1-11,14,22-23H,12-13H2,(H,34,36)/t22-,23+,26?,27?. The number of amides is 3. The molecular weight excluding hydrogens is 540 g/mol. The summed E-state index contributed by atoms with van der Waals surface area (Å²) >= 11 is 14.7. The van der Waals surface area contributed by atoms with Crippen molar-refractivity contribution in [3.63, 3.8) is 0 Å². The van der Waals surface area contributed by atoms with Crippen molar-refractivity contribution in [2.75, 3.05) is 11.9 Å². The number of rotatable bonds is 4. The van der Waals surface area contributed by atoms with Crippen LogP contribution in [0.5, 0.6) is 0 Å². The predicted octanol–water partition coefficient (Wildman–Crippen LogP) is 5.63. The molecule has 3 aromatic carbocycles. The maximum atomic E-state index is 13.7. The van der Waals surface area contributed by atoms with E-state index in [0.29, 0.717) is 22.3 Å². The van der Waals surface area contributed by atoms with Crippen molar-refractivity contribution < 1.29 is 27.6 Å². The topological polar surface area (TPSA) is 66.5 Å². The largest absolute Gasteiger partial charge is 0.416 e. The van der Waals surface area contributed by atoms with Gasteiger partial charge in [-0.2, -0.15) is 13.2 Å². The minimum Gasteiger partial charge on any atom is -0.326 e. The Bertz CT molecular complexity index is 1400. The highest BCUT2D eigenvalue weighted by molar-refractivity contribution is 6.36. The first-order valence-corrected chi connectivity index (χ1v) is 12.6. The lowest BCUT2D eigenvalue weighted by atomic mass is 9.54. The maximum absolute atomic E-state index is 13.7. The molecule has 2 bridgehead atoms. The van der Waals surface area contributed by atoms with Gasteiger partial charge in [0.05, 0.1) is 17.4 Å². The van der Waals surface area contributed by atoms with Gasteiger partial charge < -0.3 is 5.32 Å². The van der Waals surface area contributed by atoms with E-state index < -0.39 is 51.0 Å². The molecule has 0 aromatic heterocycles. The van der Waals surface area contributed by atoms with E-state index in [1.165, 1.54) is 12.1 Å². The number of nitrogens with one attached hydrogen (secondary N) is 1. The Balaban J connectivity index is 1.29. The second kappa shape index (κ2) is 8.32. The SMILES string of the molecule is O=C(CCN1C(=O)[C@@H]2[C@H](C1=O)C1(Cl)c3ccccc3C2(Cl)c2ccccc21)Nc1cccc(C(F)(F)F)c1. The van der Waals surface area contributed by atoms with Gasteiger partial charge in [-0.1, -0.05) is 54.6 Å². The van der Waals surface area contributed by atoms with Crippen LogP contribution in [-0.4, -0.2) is 29.2 Å². The first-order chi connectivity index (χ1) is 18.0. The van der Waals surface area contributed by atoms with Crippen LogP contribution >= 0.6 is 23.2 Å². The molecule has 3 aromatic rings. The van der Waals surface area contributed by atoms with Crippen LogP contribution in [0.15, 0.2) is 72.8 Å². The third kappa shape index (κ3) is 3.29. The number of hydrogen-bond acceptors (Lipinski definition) is 3. The number of likely N-dealkylation sites (tertiary alicyclic amines) is 1. The van der Waals surface area contributed by atoms with Crippen LogP contribution < -0.4 is 5.32 Å². The quantitative estimate of drug-likeness (QED) is 0.333. The van der Waals surface area contributed by atoms with Crippen molar-refractivity contribution in [1.29, 1.82) is 0 Å². The summed E-state index contributed by atoms with van der Waals surface area (Å²) in [7, 11) is 0. The summed E-state index contributed by atoms with van der Waals surface area (Å²) in [6, 6.07) is 18.7. The molecule has 3 aliphatic carbocycles. The number of nitrogens with zero attached hydrogens (tertiary/aromatic N) is 1. The van der Waals surface area contributed by atoms with Gasteiger partial charge in [0, 0.05) is 18.7 Å². The summed E-state index contributed by atoms with van der Waals surface area (Å²) in [6.07, 6.45) is -4.87. The minimum absolute atomic E-state index is 0.0408. The van der Waals surface area contributed by atoms with Gasteiger partial charge in [-0.05, 0) is 40.5 Å². The van der Waals surface area contributed by atoms with Gasteiger partial charge >= 0.3 is 6.18 Å². The molecule has 0 spiro atoms. The molecule has 38 heavy (non-hydrogen) atoms. The van der Waals surface area contributed by atoms with Crippen molar-refractivity contribution in [3.05, 3.63) is 101 Å². The number of benzene rings is 3. The van der Waals surface area contributed by atoms with Crippen molar-refractivity contribution in [3.8, 4) is 0 Å². The first kappa shape index (κ1) is 24.9. The van der Waals surface area contributed by atoms with Gasteiger partial charge in [0.2, 0.25) is 17.7 Å². The van der Waals surface area contributed by atoms with Gasteiger partial charge in [0.1, 0.15) is 9.75 Å². The fourth-order valence-corrected chi connectivity index (χ4v) is 7.25. The lowest BCUT2D eigenvalue weighted by molar-refractivity contribution is -0.140. The Morgan fingerprint density at radius 3 is 1.74 bits per heavy atom. The normalized spacial score (nSPS) is 27.1. The summed E-state index contributed by atoms with van der Waals surface area (Å²) < 4.78 is 39.0. The molecule has 1 heterocycles. The zero-order chi connectivity index (χ0) is 27.0. The van der Waals surface area contributed by atoms with Crippen molar-refractivity contribution >= 4 is 46.6 Å². The summed E-state index contributed by atoms with van der Waals surface area (Å²) in [5.41, 5.74) is 1.73. The molecule has 0 unspecified atom stereocenters. The Morgan fingerprint density at radius 2 is 1.29 bits per heavy atom. The summed E-state index contributed by atoms with van der Waals surface area (Å²) in [6.45, 7) is -0.262. The number of halogens is 5. The molecule has 7 rings (SSSR count). The molecule has 5 nitrogen and oxygen atoms in total. The molecule has 194 valence electrons. The molecule has 4 aliphatic rings. The van der Waals surface area contributed by atoms with Crippen LogP contribution in [0.2, 0.25) is 0 Å². The highest BCUT2D eigenvalue weighted by atomic mass is 35.5. The van der Waals surface area contributed by atoms with Crippen molar-refractivity contribution in [2.45, 2.75) is 22.3 Å². The molecule has 2 atom stereocenters. The lowest BCUT2D eigenvalue weighted by Crippen LogP contribution is -2.57. The predicted molar refractivity (Wildman–Crippen MR) is 135 cm³/mol. The van der Waals surface area contributed by atoms with Gasteiger partial charge in [0.25, 0.3) is 0 Å². The molecule has 0 saturated carbocycles. The van der Waals surface area contributed by atoms with E-state index in [0.717, 1.165) is 17.0 Å². The smallest absolute Gasteiger partial charge is 0.326 e. The molecule has 3 amide bonds. The van der Waals surface area contributed by atoms with Crippen LogP contribution in [0.3, 0.4) is 0 Å². The zero-order valence-corrected chi connectivity index (χ0v) is 21.1. The van der Waals surface area contributed by atoms with Crippen LogP contribution in [0.1, 0.15) is 34.2 Å². The fraction of sp³-hybridized carbons (Fsp3) is 0.250. The number of imide groups is 1. The number of carbonyl (C=O) groups is 3. The Morgan fingerprint density at radius 1 is 0.816 bits per heavy atom. The molecule has 1 saturated heterocycles. The van der Waals surface area contributed by atoms with Crippen LogP contribution in [-0.2, 0) is 30.3 Å². The highest BCUT2D eigenvalue weighted by Gasteiger charge is 2.72. The zero-order valence-electron chi connectivity index (χ0n) is 19.6. The Hall–Kier alpha value is -3.36. The summed E-state index contributed by atoms with van der Waals surface area (Å²) in [4.78, 5) is 38.4. The maximum Gasteiger partial charge on any atom is 0.416 e. The Labute approximate surface area is 225 Å². The van der Waals surface area contributed by atoms with Gasteiger partial charge in [0.15, 0.2) is 0 Å². The highest BCUT2D eigenvalue weighted by Crippen LogP contribution is 2.69. The number of anilines is 1. The summed E-state index contributed by atoms with van der Waals surface area (Å²) in [5, 5.41) is 2.40. The number of carbonyl (C=O) groups excluding carboxylic acids is 3. The molecular formula is C28H19Cl2F3N2O3. The third-order valence-corrected chi connectivity index (χ3v) is 9.00. The van der Waals surface area contributed by atoms with Crippen LogP contribution in [0, 0.1) is 11.8 Å². The first-order valence-electron chi connectivity index (χ1n) is 11.9. The fourth-order valence-electron chi connectivity index (χ4n) is 6.16. The van der Waals surface area contributed by atoms with Crippen LogP contribution in [0.4, 0.5) is 18.9 Å². The van der Waals surface area contributed by atoms with Crippen LogP contribution in [0.25, 0.3) is 0 Å². The lowest BCUT2D eigenvalue weighted by Gasteiger charge is -2.54. The van der Waals surface area contributed by atoms with E-state index >= 15 is 0 Å². The van der Waals surface area contributed by atoms with Crippen molar-refractivity contribution in [2.24, 2.45) is 11.8 Å². The monoisotopic (exact) mass is 558 g/mol. The Kier molecular flexibility index (Phi) is 5.46. The number of alkyl halides is 5. The minimum atomic E-state index is -4.56. The molecule has 1 aliphatic heterocycles. The average Bonchev–Trinajstić information content (AvgIpc) is 3.16. The summed E-state index contributed by atoms with van der Waals surface area (Å²) in [5.74, 6) is -3.67. The van der Waals surface area contributed by atoms with Gasteiger partial charge in [-0.15, -0.1) is 23.2 Å². The van der Waals surface area contributed by atoms with Gasteiger partial charge in [-0.25, -0.2) is 0 Å². The second-order valence-corrected chi connectivity index (χ2v) is 10.9. The molecule has 1 N–H and O–H groups in total.